The summed E-state index contributed by atoms with van der Waals surface area (Å²) in [6, 6.07) is 8.34. The van der Waals surface area contributed by atoms with E-state index in [2.05, 4.69) is 31.3 Å². The molecule has 0 saturated heterocycles. The number of halogens is 1. The molecule has 1 aliphatic carbocycles. The smallest absolute Gasteiger partial charge is 0.0444 e. The van der Waals surface area contributed by atoms with Crippen LogP contribution in [0.25, 0.3) is 0 Å². The summed E-state index contributed by atoms with van der Waals surface area (Å²) in [4.78, 5) is 0. The molecule has 0 heterocycles. The first-order chi connectivity index (χ1) is 8.20. The van der Waals surface area contributed by atoms with E-state index in [1.165, 1.54) is 24.8 Å². The Balaban J connectivity index is 2.20. The van der Waals surface area contributed by atoms with Gasteiger partial charge in [-0.3, -0.25) is 0 Å². The van der Waals surface area contributed by atoms with Crippen LogP contribution in [0.3, 0.4) is 0 Å². The molecule has 1 aliphatic rings. The quantitative estimate of drug-likeness (QED) is 0.780. The van der Waals surface area contributed by atoms with E-state index < -0.39 is 0 Å². The van der Waals surface area contributed by atoms with Crippen molar-refractivity contribution in [3.63, 3.8) is 0 Å². The Bertz CT molecular complexity index is 377. The normalized spacial score (nSPS) is 27.8. The molecule has 94 valence electrons. The van der Waals surface area contributed by atoms with Gasteiger partial charge in [-0.2, -0.15) is 0 Å². The summed E-state index contributed by atoms with van der Waals surface area (Å²) in [7, 11) is 0. The van der Waals surface area contributed by atoms with Crippen LogP contribution in [-0.4, -0.2) is 13.1 Å². The Hall–Kier alpha value is -0.530. The fourth-order valence-corrected chi connectivity index (χ4v) is 3.22. The predicted octanol–water partition coefficient (Wildman–Crippen LogP) is 4.01. The zero-order chi connectivity index (χ0) is 12.3. The van der Waals surface area contributed by atoms with Gasteiger partial charge in [-0.25, -0.2) is 0 Å². The van der Waals surface area contributed by atoms with Gasteiger partial charge in [-0.15, -0.1) is 0 Å². The van der Waals surface area contributed by atoms with E-state index in [4.69, 9.17) is 11.6 Å². The first-order valence-electron chi connectivity index (χ1n) is 6.66. The number of benzene rings is 1. The Morgan fingerprint density at radius 1 is 1.41 bits per heavy atom. The van der Waals surface area contributed by atoms with Crippen molar-refractivity contribution in [1.29, 1.82) is 0 Å². The van der Waals surface area contributed by atoms with Gasteiger partial charge in [0, 0.05) is 17.0 Å². The van der Waals surface area contributed by atoms with Gasteiger partial charge in [0.15, 0.2) is 0 Å². The Labute approximate surface area is 110 Å². The molecule has 2 atom stereocenters. The van der Waals surface area contributed by atoms with Crippen LogP contribution in [-0.2, 0) is 5.41 Å². The fraction of sp³-hybridized carbons (Fsp3) is 0.600. The number of rotatable bonds is 5. The van der Waals surface area contributed by atoms with Crippen LogP contribution in [0.5, 0.6) is 0 Å². The Morgan fingerprint density at radius 2 is 2.18 bits per heavy atom. The fourth-order valence-electron chi connectivity index (χ4n) is 2.89. The van der Waals surface area contributed by atoms with Crippen molar-refractivity contribution in [2.24, 2.45) is 5.92 Å². The van der Waals surface area contributed by atoms with Gasteiger partial charge in [0.2, 0.25) is 0 Å². The lowest BCUT2D eigenvalue weighted by atomic mass is 9.57. The molecule has 0 aliphatic heterocycles. The summed E-state index contributed by atoms with van der Waals surface area (Å²) < 4.78 is 0. The molecule has 0 spiro atoms. The molecule has 0 aromatic heterocycles. The Morgan fingerprint density at radius 3 is 2.71 bits per heavy atom. The minimum atomic E-state index is 0.271. The lowest BCUT2D eigenvalue weighted by molar-refractivity contribution is 0.134. The van der Waals surface area contributed by atoms with Gasteiger partial charge in [0.1, 0.15) is 0 Å². The summed E-state index contributed by atoms with van der Waals surface area (Å²) in [5.74, 6) is 0.728. The molecule has 1 aromatic rings. The van der Waals surface area contributed by atoms with Crippen LogP contribution in [0.15, 0.2) is 24.3 Å². The van der Waals surface area contributed by atoms with E-state index in [0.717, 1.165) is 24.0 Å². The standard InChI is InChI=1S/C15H22ClN/c1-3-10-17-11-15(9-8-12(15)2)13-6-4-5-7-14(13)16/h4-7,12,17H,3,8-11H2,1-2H3. The molecule has 1 fully saturated rings. The van der Waals surface area contributed by atoms with E-state index >= 15 is 0 Å². The average molecular weight is 252 g/mol. The second-order valence-electron chi connectivity index (χ2n) is 5.25. The van der Waals surface area contributed by atoms with Crippen LogP contribution in [0.1, 0.15) is 38.7 Å². The second-order valence-corrected chi connectivity index (χ2v) is 5.66. The van der Waals surface area contributed by atoms with Crippen molar-refractivity contribution in [1.82, 2.24) is 5.32 Å². The van der Waals surface area contributed by atoms with E-state index in [9.17, 15) is 0 Å². The molecule has 2 heteroatoms. The summed E-state index contributed by atoms with van der Waals surface area (Å²) >= 11 is 6.37. The topological polar surface area (TPSA) is 12.0 Å². The van der Waals surface area contributed by atoms with Gasteiger partial charge in [-0.05, 0) is 43.4 Å². The molecule has 0 radical (unpaired) electrons. The van der Waals surface area contributed by atoms with Gasteiger partial charge >= 0.3 is 0 Å². The van der Waals surface area contributed by atoms with Crippen molar-refractivity contribution in [2.45, 2.75) is 38.5 Å². The zero-order valence-corrected chi connectivity index (χ0v) is 11.6. The van der Waals surface area contributed by atoms with Gasteiger partial charge in [0.25, 0.3) is 0 Å². The number of hydrogen-bond donors (Lipinski definition) is 1. The molecule has 0 amide bonds. The summed E-state index contributed by atoms with van der Waals surface area (Å²) in [6.07, 6.45) is 3.76. The minimum absolute atomic E-state index is 0.271. The summed E-state index contributed by atoms with van der Waals surface area (Å²) in [6.45, 7) is 6.71. The second kappa shape index (κ2) is 5.41. The SMILES string of the molecule is CCCNCC1(c2ccccc2Cl)CCC1C. The average Bonchev–Trinajstić information content (AvgIpc) is 2.34. The molecule has 2 unspecified atom stereocenters. The van der Waals surface area contributed by atoms with E-state index in [1.807, 2.05) is 12.1 Å². The summed E-state index contributed by atoms with van der Waals surface area (Å²) in [5.41, 5.74) is 1.61. The highest BCUT2D eigenvalue weighted by Gasteiger charge is 2.45. The largest absolute Gasteiger partial charge is 0.316 e. The molecule has 1 aromatic carbocycles. The molecular weight excluding hydrogens is 230 g/mol. The van der Waals surface area contributed by atoms with Gasteiger partial charge < -0.3 is 5.32 Å². The number of hydrogen-bond acceptors (Lipinski definition) is 1. The van der Waals surface area contributed by atoms with Crippen molar-refractivity contribution in [3.05, 3.63) is 34.9 Å². The lowest BCUT2D eigenvalue weighted by Crippen LogP contribution is -2.50. The number of nitrogens with one attached hydrogen (secondary N) is 1. The van der Waals surface area contributed by atoms with Crippen LogP contribution in [0.4, 0.5) is 0 Å². The third-order valence-corrected chi connectivity index (χ3v) is 4.57. The molecular formula is C15H22ClN. The highest BCUT2D eigenvalue weighted by molar-refractivity contribution is 6.31. The van der Waals surface area contributed by atoms with Crippen molar-refractivity contribution in [2.75, 3.05) is 13.1 Å². The first-order valence-corrected chi connectivity index (χ1v) is 7.04. The third-order valence-electron chi connectivity index (χ3n) is 4.24. The highest BCUT2D eigenvalue weighted by atomic mass is 35.5. The summed E-state index contributed by atoms with van der Waals surface area (Å²) in [5, 5.41) is 4.50. The van der Waals surface area contributed by atoms with Crippen molar-refractivity contribution < 1.29 is 0 Å². The highest BCUT2D eigenvalue weighted by Crippen LogP contribution is 2.50. The molecule has 1 N–H and O–H groups in total. The van der Waals surface area contributed by atoms with Gasteiger partial charge in [-0.1, -0.05) is 43.6 Å². The van der Waals surface area contributed by atoms with E-state index in [0.29, 0.717) is 0 Å². The molecule has 0 bridgehead atoms. The van der Waals surface area contributed by atoms with Crippen molar-refractivity contribution >= 4 is 11.6 Å². The maximum atomic E-state index is 6.37. The van der Waals surface area contributed by atoms with Crippen LogP contribution in [0, 0.1) is 5.92 Å². The maximum Gasteiger partial charge on any atom is 0.0444 e. The van der Waals surface area contributed by atoms with Crippen LogP contribution in [0.2, 0.25) is 5.02 Å². The Kier molecular flexibility index (Phi) is 4.11. The molecule has 1 saturated carbocycles. The maximum absolute atomic E-state index is 6.37. The monoisotopic (exact) mass is 251 g/mol. The lowest BCUT2D eigenvalue weighted by Gasteiger charge is -2.49. The zero-order valence-electron chi connectivity index (χ0n) is 10.8. The van der Waals surface area contributed by atoms with E-state index in [-0.39, 0.29) is 5.41 Å². The van der Waals surface area contributed by atoms with Gasteiger partial charge in [0.05, 0.1) is 0 Å². The van der Waals surface area contributed by atoms with Crippen molar-refractivity contribution in [3.8, 4) is 0 Å². The predicted molar refractivity (Wildman–Crippen MR) is 74.7 cm³/mol. The first kappa shape index (κ1) is 12.9. The van der Waals surface area contributed by atoms with Crippen LogP contribution >= 0.6 is 11.6 Å². The molecule has 17 heavy (non-hydrogen) atoms. The minimum Gasteiger partial charge on any atom is -0.316 e. The molecule has 1 nitrogen and oxygen atoms in total. The van der Waals surface area contributed by atoms with E-state index in [1.54, 1.807) is 0 Å². The third kappa shape index (κ3) is 2.36. The van der Waals surface area contributed by atoms with Crippen LogP contribution < -0.4 is 5.32 Å². The molecule has 2 rings (SSSR count).